The summed E-state index contributed by atoms with van der Waals surface area (Å²) in [5.74, 6) is 0. The summed E-state index contributed by atoms with van der Waals surface area (Å²) in [6.07, 6.45) is -4.48. The molecule has 4 rings (SSSR count). The van der Waals surface area contributed by atoms with Gasteiger partial charge in [-0.25, -0.2) is 4.79 Å². The average molecular weight is 528 g/mol. The highest BCUT2D eigenvalue weighted by Gasteiger charge is 2.45. The lowest BCUT2D eigenvalue weighted by Crippen LogP contribution is -2.43. The fraction of sp³-hybridized carbons (Fsp3) is 0.450. The minimum absolute atomic E-state index is 0.196. The maximum atomic E-state index is 13.2. The van der Waals surface area contributed by atoms with Crippen molar-refractivity contribution < 1.29 is 37.4 Å². The van der Waals surface area contributed by atoms with Crippen LogP contribution in [0.25, 0.3) is 11.0 Å². The quantitative estimate of drug-likeness (QED) is 0.404. The highest BCUT2D eigenvalue weighted by Crippen LogP contribution is 2.51. The molecule has 13 nitrogen and oxygen atoms in total. The number of para-hydroxylation sites is 1. The molecule has 3 aromatic rings. The third kappa shape index (κ3) is 5.22. The molecule has 3 unspecified atom stereocenters. The lowest BCUT2D eigenvalue weighted by Gasteiger charge is -2.18. The van der Waals surface area contributed by atoms with Gasteiger partial charge in [-0.05, 0) is 23.1 Å². The molecule has 0 saturated carbocycles. The summed E-state index contributed by atoms with van der Waals surface area (Å²) in [5.41, 5.74) is 0.328. The highest BCUT2D eigenvalue weighted by molar-refractivity contribution is 7.61. The average Bonchev–Trinajstić information content (AvgIpc) is 3.31. The molecule has 2 aromatic heterocycles. The Kier molecular flexibility index (Phi) is 7.21. The van der Waals surface area contributed by atoms with E-state index in [1.165, 1.54) is 6.66 Å². The second-order valence-electron chi connectivity index (χ2n) is 8.15. The van der Waals surface area contributed by atoms with Crippen LogP contribution in [-0.4, -0.2) is 62.8 Å². The van der Waals surface area contributed by atoms with Crippen molar-refractivity contribution in [1.29, 1.82) is 0 Å². The molecule has 188 valence electrons. The Labute approximate surface area is 199 Å². The number of fused-ring (bicyclic) bond motifs is 1. The first-order valence-electron chi connectivity index (χ1n) is 10.5. The molecule has 0 spiro atoms. The SMILES string of the molecule is Cc1cccc2c(Cn3c(=O)ccn([C@@H]4O[C@H](COP(C)(=O)O[P+](C)=O)[C@H](O)C4O)c3=O)noc12. The van der Waals surface area contributed by atoms with Crippen molar-refractivity contribution >= 4 is 26.6 Å². The molecular weight excluding hydrogens is 504 g/mol. The molecule has 0 bridgehead atoms. The summed E-state index contributed by atoms with van der Waals surface area (Å²) in [4.78, 5) is 25.7. The number of rotatable bonds is 8. The van der Waals surface area contributed by atoms with Gasteiger partial charge in [0.1, 0.15) is 24.0 Å². The van der Waals surface area contributed by atoms with E-state index in [1.54, 1.807) is 12.1 Å². The van der Waals surface area contributed by atoms with E-state index in [1.807, 2.05) is 13.0 Å². The van der Waals surface area contributed by atoms with Crippen LogP contribution in [0.1, 0.15) is 17.5 Å². The molecule has 1 fully saturated rings. The summed E-state index contributed by atoms with van der Waals surface area (Å²) in [5, 5.41) is 25.5. The second-order valence-corrected chi connectivity index (χ2v) is 11.5. The van der Waals surface area contributed by atoms with E-state index in [0.717, 1.165) is 33.6 Å². The van der Waals surface area contributed by atoms with Crippen molar-refractivity contribution in [3.05, 3.63) is 62.6 Å². The molecule has 1 saturated heterocycles. The van der Waals surface area contributed by atoms with Gasteiger partial charge in [-0.1, -0.05) is 21.6 Å². The first-order valence-corrected chi connectivity index (χ1v) is 14.1. The topological polar surface area (TPSA) is 172 Å². The lowest BCUT2D eigenvalue weighted by molar-refractivity contribution is -0.0527. The van der Waals surface area contributed by atoms with Crippen LogP contribution < -0.4 is 11.2 Å². The number of aryl methyl sites for hydroxylation is 1. The van der Waals surface area contributed by atoms with Crippen LogP contribution in [0.2, 0.25) is 0 Å². The lowest BCUT2D eigenvalue weighted by atomic mass is 10.1. The van der Waals surface area contributed by atoms with Crippen LogP contribution in [0.3, 0.4) is 0 Å². The monoisotopic (exact) mass is 528 g/mol. The van der Waals surface area contributed by atoms with Gasteiger partial charge in [0, 0.05) is 24.3 Å². The van der Waals surface area contributed by atoms with Gasteiger partial charge >= 0.3 is 21.3 Å². The molecule has 3 heterocycles. The molecule has 0 amide bonds. The van der Waals surface area contributed by atoms with Gasteiger partial charge in [-0.15, -0.1) is 0 Å². The van der Waals surface area contributed by atoms with Crippen molar-refractivity contribution in [2.45, 2.75) is 38.0 Å². The maximum absolute atomic E-state index is 13.2. The van der Waals surface area contributed by atoms with Crippen LogP contribution >= 0.6 is 15.6 Å². The van der Waals surface area contributed by atoms with Crippen molar-refractivity contribution in [2.75, 3.05) is 19.9 Å². The van der Waals surface area contributed by atoms with Crippen LogP contribution in [0.4, 0.5) is 0 Å². The van der Waals surface area contributed by atoms with E-state index in [9.17, 15) is 28.9 Å². The molecular formula is C20H24N3O10P2+. The van der Waals surface area contributed by atoms with Crippen molar-refractivity contribution in [3.63, 3.8) is 0 Å². The standard InChI is InChI=1S/C20H24N3O10P2/c1-11-5-4-6-12-13(21-32-18(11)12)9-23-15(24)7-8-22(20(23)27)19-17(26)16(25)14(31-19)10-30-35(3,29)33-34(2)28/h4-8,14,16-17,19,25-26H,9-10H2,1-3H3/q+1/t14-,16+,17?,19-,35?/m1/s1. The van der Waals surface area contributed by atoms with Crippen molar-refractivity contribution in [3.8, 4) is 0 Å². The molecule has 15 heteroatoms. The first-order chi connectivity index (χ1) is 16.5. The first kappa shape index (κ1) is 25.6. The van der Waals surface area contributed by atoms with Gasteiger partial charge in [-0.2, -0.15) is 0 Å². The van der Waals surface area contributed by atoms with Crippen LogP contribution in [0.5, 0.6) is 0 Å². The van der Waals surface area contributed by atoms with Gasteiger partial charge in [0.2, 0.25) is 0 Å². The van der Waals surface area contributed by atoms with Crippen LogP contribution in [0.15, 0.2) is 44.6 Å². The minimum atomic E-state index is -3.71. The number of benzene rings is 1. The van der Waals surface area contributed by atoms with Crippen molar-refractivity contribution in [2.24, 2.45) is 0 Å². The summed E-state index contributed by atoms with van der Waals surface area (Å²) in [6, 6.07) is 6.52. The minimum Gasteiger partial charge on any atom is -0.387 e. The molecule has 0 radical (unpaired) electrons. The number of aliphatic hydroxyl groups is 2. The number of hydrogen-bond donors (Lipinski definition) is 2. The Morgan fingerprint density at radius 3 is 2.69 bits per heavy atom. The van der Waals surface area contributed by atoms with Gasteiger partial charge < -0.3 is 24.0 Å². The Morgan fingerprint density at radius 1 is 1.23 bits per heavy atom. The number of hydrogen-bond acceptors (Lipinski definition) is 11. The fourth-order valence-electron chi connectivity index (χ4n) is 3.82. The van der Waals surface area contributed by atoms with E-state index >= 15 is 0 Å². The molecule has 1 aliphatic rings. The summed E-state index contributed by atoms with van der Waals surface area (Å²) < 4.78 is 46.1. The largest absolute Gasteiger partial charge is 0.513 e. The maximum Gasteiger partial charge on any atom is 0.513 e. The predicted molar refractivity (Wildman–Crippen MR) is 123 cm³/mol. The number of aliphatic hydroxyl groups excluding tert-OH is 2. The summed E-state index contributed by atoms with van der Waals surface area (Å²) in [6.45, 7) is 3.49. The third-order valence-corrected chi connectivity index (χ3v) is 8.25. The van der Waals surface area contributed by atoms with E-state index in [4.69, 9.17) is 18.1 Å². The van der Waals surface area contributed by atoms with E-state index in [2.05, 4.69) is 5.16 Å². The van der Waals surface area contributed by atoms with Crippen molar-refractivity contribution in [1.82, 2.24) is 14.3 Å². The van der Waals surface area contributed by atoms with Gasteiger partial charge in [-0.3, -0.25) is 18.5 Å². The molecule has 1 aliphatic heterocycles. The van der Waals surface area contributed by atoms with Gasteiger partial charge in [0.15, 0.2) is 18.5 Å². The van der Waals surface area contributed by atoms with E-state index in [0.29, 0.717) is 16.7 Å². The van der Waals surface area contributed by atoms with Crippen LogP contribution in [0, 0.1) is 6.92 Å². The van der Waals surface area contributed by atoms with Gasteiger partial charge in [0.25, 0.3) is 5.56 Å². The Hall–Kier alpha value is -2.50. The van der Waals surface area contributed by atoms with Crippen LogP contribution in [-0.2, 0) is 29.2 Å². The zero-order valence-corrected chi connectivity index (χ0v) is 20.8. The Bertz CT molecular complexity index is 1430. The predicted octanol–water partition coefficient (Wildman–Crippen LogP) is 1.36. The van der Waals surface area contributed by atoms with E-state index in [-0.39, 0.29) is 6.54 Å². The zero-order valence-electron chi connectivity index (χ0n) is 19.0. The molecule has 2 N–H and O–H groups in total. The Morgan fingerprint density at radius 2 is 1.97 bits per heavy atom. The fourth-order valence-corrected chi connectivity index (χ4v) is 6.10. The smallest absolute Gasteiger partial charge is 0.387 e. The molecule has 35 heavy (non-hydrogen) atoms. The van der Waals surface area contributed by atoms with E-state index < -0.39 is 58.0 Å². The zero-order chi connectivity index (χ0) is 25.5. The summed E-state index contributed by atoms with van der Waals surface area (Å²) >= 11 is 0. The second kappa shape index (κ2) is 9.87. The van der Waals surface area contributed by atoms with Gasteiger partial charge in [0.05, 0.1) is 13.2 Å². The number of ether oxygens (including phenoxy) is 1. The molecule has 1 aromatic carbocycles. The normalized spacial score (nSPS) is 24.5. The third-order valence-electron chi connectivity index (χ3n) is 5.52. The highest BCUT2D eigenvalue weighted by atomic mass is 31.2. The summed E-state index contributed by atoms with van der Waals surface area (Å²) in [7, 11) is -5.91. The Balaban J connectivity index is 1.59. The molecule has 6 atom stereocenters. The number of nitrogens with zero attached hydrogens (tertiary/aromatic N) is 3. The molecule has 0 aliphatic carbocycles. The number of aromatic nitrogens is 3.